The number of ether oxygens (including phenoxy) is 1. The Balaban J connectivity index is 1.98. The minimum atomic E-state index is -4.37. The summed E-state index contributed by atoms with van der Waals surface area (Å²) < 4.78 is 43.8. The fourth-order valence-corrected chi connectivity index (χ4v) is 2.69. The number of fused-ring (bicyclic) bond motifs is 3. The van der Waals surface area contributed by atoms with Crippen LogP contribution < -0.4 is 10.2 Å². The summed E-state index contributed by atoms with van der Waals surface area (Å²) >= 11 is 0. The molecule has 0 spiro atoms. The fraction of sp³-hybridized carbons (Fsp3) is 0.615. The number of aromatic nitrogens is 1. The van der Waals surface area contributed by atoms with E-state index in [-0.39, 0.29) is 18.7 Å². The first kappa shape index (κ1) is 13.6. The van der Waals surface area contributed by atoms with Crippen LogP contribution in [0.25, 0.3) is 0 Å². The van der Waals surface area contributed by atoms with Gasteiger partial charge in [-0.2, -0.15) is 13.2 Å². The molecule has 0 aromatic carbocycles. The molecule has 0 aliphatic carbocycles. The smallest absolute Gasteiger partial charge is 0.374 e. The Hall–Kier alpha value is -1.34. The van der Waals surface area contributed by atoms with Crippen LogP contribution in [0, 0.1) is 0 Å². The summed E-state index contributed by atoms with van der Waals surface area (Å²) in [5.74, 6) is 0.619. The van der Waals surface area contributed by atoms with Gasteiger partial charge in [0, 0.05) is 30.9 Å². The van der Waals surface area contributed by atoms with Crippen LogP contribution >= 0.6 is 0 Å². The zero-order chi connectivity index (χ0) is 14.3. The summed E-state index contributed by atoms with van der Waals surface area (Å²) in [5, 5.41) is 3.35. The highest BCUT2D eigenvalue weighted by atomic mass is 19.4. The zero-order valence-electron chi connectivity index (χ0n) is 11.1. The van der Waals surface area contributed by atoms with E-state index in [2.05, 4.69) is 15.2 Å². The molecular formula is C13H16F3N3O. The molecule has 1 fully saturated rings. The average molecular weight is 287 g/mol. The molecule has 1 aromatic rings. The van der Waals surface area contributed by atoms with Gasteiger partial charge >= 0.3 is 6.18 Å². The van der Waals surface area contributed by atoms with E-state index in [4.69, 9.17) is 4.74 Å². The Morgan fingerprint density at radius 1 is 1.45 bits per heavy atom. The van der Waals surface area contributed by atoms with Crippen molar-refractivity contribution in [1.82, 2.24) is 10.3 Å². The quantitative estimate of drug-likeness (QED) is 0.789. The molecule has 4 nitrogen and oxygen atoms in total. The van der Waals surface area contributed by atoms with E-state index in [1.807, 2.05) is 6.92 Å². The van der Waals surface area contributed by atoms with Crippen molar-refractivity contribution in [1.29, 1.82) is 0 Å². The van der Waals surface area contributed by atoms with Crippen LogP contribution in [0.5, 0.6) is 0 Å². The van der Waals surface area contributed by atoms with Crippen LogP contribution in [-0.2, 0) is 17.5 Å². The van der Waals surface area contributed by atoms with Gasteiger partial charge in [-0.25, -0.2) is 4.98 Å². The van der Waals surface area contributed by atoms with Crippen LogP contribution in [0.3, 0.4) is 0 Å². The van der Waals surface area contributed by atoms with Gasteiger partial charge in [-0.1, -0.05) is 0 Å². The maximum atomic E-state index is 12.8. The Morgan fingerprint density at radius 3 is 3.00 bits per heavy atom. The number of alkyl halides is 3. The predicted octanol–water partition coefficient (Wildman–Crippen LogP) is 1.80. The molecule has 1 saturated heterocycles. The lowest BCUT2D eigenvalue weighted by molar-refractivity contribution is -0.137. The molecule has 3 heterocycles. The lowest BCUT2D eigenvalue weighted by atomic mass is 10.1. The molecule has 0 saturated carbocycles. The maximum Gasteiger partial charge on any atom is 0.417 e. The fourth-order valence-electron chi connectivity index (χ4n) is 2.69. The number of hydrogen-bond donors (Lipinski definition) is 1. The summed E-state index contributed by atoms with van der Waals surface area (Å²) in [4.78, 5) is 6.12. The highest BCUT2D eigenvalue weighted by Gasteiger charge is 2.35. The van der Waals surface area contributed by atoms with E-state index in [9.17, 15) is 13.2 Å². The molecule has 20 heavy (non-hydrogen) atoms. The largest absolute Gasteiger partial charge is 0.417 e. The molecule has 2 aliphatic heterocycles. The SMILES string of the molecule is C[C@@H]1CN2c3ncc(C(F)(F)F)cc3COC[C@H]2CN1. The molecule has 0 amide bonds. The standard InChI is InChI=1S/C13H16F3N3O/c1-8-5-19-11(4-17-8)7-20-6-9-2-10(13(14,15)16)3-18-12(9)19/h2-3,8,11,17H,4-7H2,1H3/t8-,11-/m1/s1. The Morgan fingerprint density at radius 2 is 2.25 bits per heavy atom. The van der Waals surface area contributed by atoms with Crippen LogP contribution in [0.4, 0.5) is 19.0 Å². The van der Waals surface area contributed by atoms with Crippen LogP contribution in [0.15, 0.2) is 12.3 Å². The maximum absolute atomic E-state index is 12.8. The summed E-state index contributed by atoms with van der Waals surface area (Å²) in [7, 11) is 0. The van der Waals surface area contributed by atoms with Crippen molar-refractivity contribution in [3.63, 3.8) is 0 Å². The molecule has 0 radical (unpaired) electrons. The highest BCUT2D eigenvalue weighted by molar-refractivity contribution is 5.50. The minimum absolute atomic E-state index is 0.122. The first-order chi connectivity index (χ1) is 9.45. The van der Waals surface area contributed by atoms with Crippen molar-refractivity contribution in [3.05, 3.63) is 23.4 Å². The molecule has 7 heteroatoms. The Labute approximate surface area is 114 Å². The van der Waals surface area contributed by atoms with Crippen molar-refractivity contribution in [3.8, 4) is 0 Å². The molecule has 1 aromatic heterocycles. The third-order valence-corrected chi connectivity index (χ3v) is 3.72. The summed E-state index contributed by atoms with van der Waals surface area (Å²) in [5.41, 5.74) is -0.210. The van der Waals surface area contributed by atoms with E-state index in [0.29, 0.717) is 18.0 Å². The van der Waals surface area contributed by atoms with Gasteiger partial charge in [-0.3, -0.25) is 0 Å². The predicted molar refractivity (Wildman–Crippen MR) is 67.5 cm³/mol. The van der Waals surface area contributed by atoms with Gasteiger partial charge in [0.05, 0.1) is 24.8 Å². The van der Waals surface area contributed by atoms with Crippen LogP contribution in [0.2, 0.25) is 0 Å². The molecule has 3 rings (SSSR count). The second kappa shape index (κ2) is 4.89. The molecular weight excluding hydrogens is 271 g/mol. The number of hydrogen-bond acceptors (Lipinski definition) is 4. The number of nitrogens with zero attached hydrogens (tertiary/aromatic N) is 2. The number of anilines is 1. The van der Waals surface area contributed by atoms with Gasteiger partial charge in [0.1, 0.15) is 5.82 Å². The number of rotatable bonds is 0. The van der Waals surface area contributed by atoms with Crippen molar-refractivity contribution < 1.29 is 17.9 Å². The van der Waals surface area contributed by atoms with Gasteiger partial charge < -0.3 is 15.0 Å². The summed E-state index contributed by atoms with van der Waals surface area (Å²) in [6, 6.07) is 1.55. The van der Waals surface area contributed by atoms with Crippen molar-refractivity contribution >= 4 is 5.82 Å². The van der Waals surface area contributed by atoms with E-state index in [1.54, 1.807) is 0 Å². The van der Waals surface area contributed by atoms with Gasteiger partial charge in [0.2, 0.25) is 0 Å². The molecule has 0 bridgehead atoms. The third-order valence-electron chi connectivity index (χ3n) is 3.72. The van der Waals surface area contributed by atoms with Gasteiger partial charge in [-0.05, 0) is 13.0 Å². The normalized spacial score (nSPS) is 26.7. The number of pyridine rings is 1. The first-order valence-electron chi connectivity index (χ1n) is 6.59. The highest BCUT2D eigenvalue weighted by Crippen LogP contribution is 2.33. The van der Waals surface area contributed by atoms with Gasteiger partial charge in [-0.15, -0.1) is 0 Å². The molecule has 0 unspecified atom stereocenters. The number of nitrogens with one attached hydrogen (secondary N) is 1. The summed E-state index contributed by atoms with van der Waals surface area (Å²) in [6.45, 7) is 4.19. The Kier molecular flexibility index (Phi) is 3.33. The van der Waals surface area contributed by atoms with Gasteiger partial charge in [0.15, 0.2) is 0 Å². The Bertz CT molecular complexity index is 506. The number of piperazine rings is 1. The van der Waals surface area contributed by atoms with E-state index >= 15 is 0 Å². The van der Waals surface area contributed by atoms with E-state index in [0.717, 1.165) is 25.4 Å². The molecule has 2 aliphatic rings. The van der Waals surface area contributed by atoms with Crippen LogP contribution in [0.1, 0.15) is 18.1 Å². The monoisotopic (exact) mass is 287 g/mol. The lowest BCUT2D eigenvalue weighted by Gasteiger charge is -2.39. The second-order valence-electron chi connectivity index (χ2n) is 5.34. The van der Waals surface area contributed by atoms with Gasteiger partial charge in [0.25, 0.3) is 0 Å². The minimum Gasteiger partial charge on any atom is -0.374 e. The van der Waals surface area contributed by atoms with Crippen molar-refractivity contribution in [2.75, 3.05) is 24.6 Å². The summed E-state index contributed by atoms with van der Waals surface area (Å²) in [6.07, 6.45) is -3.46. The number of halogens is 3. The van der Waals surface area contributed by atoms with E-state index < -0.39 is 11.7 Å². The van der Waals surface area contributed by atoms with E-state index in [1.165, 1.54) is 0 Å². The molecule has 110 valence electrons. The molecule has 1 N–H and O–H groups in total. The first-order valence-corrected chi connectivity index (χ1v) is 6.59. The topological polar surface area (TPSA) is 37.4 Å². The lowest BCUT2D eigenvalue weighted by Crippen LogP contribution is -2.57. The zero-order valence-corrected chi connectivity index (χ0v) is 11.1. The van der Waals surface area contributed by atoms with Crippen molar-refractivity contribution in [2.24, 2.45) is 0 Å². The average Bonchev–Trinajstić information content (AvgIpc) is 2.56. The third kappa shape index (κ3) is 2.47. The second-order valence-corrected chi connectivity index (χ2v) is 5.34. The molecule has 2 atom stereocenters. The van der Waals surface area contributed by atoms with Crippen molar-refractivity contribution in [2.45, 2.75) is 31.8 Å². The van der Waals surface area contributed by atoms with Crippen LogP contribution in [-0.4, -0.2) is 36.8 Å².